The molecule has 1 unspecified atom stereocenters. The zero-order valence-corrected chi connectivity index (χ0v) is 14.1. The molecule has 3 rings (SSSR count). The zero-order chi connectivity index (χ0) is 18.2. The Balaban J connectivity index is 1.77. The van der Waals surface area contributed by atoms with Crippen molar-refractivity contribution in [2.24, 2.45) is 7.05 Å². The largest absolute Gasteiger partial charge is 0.434 e. The Morgan fingerprint density at radius 2 is 2.20 bits per heavy atom. The van der Waals surface area contributed by atoms with Crippen LogP contribution in [0, 0.1) is 0 Å². The van der Waals surface area contributed by atoms with Crippen molar-refractivity contribution in [1.82, 2.24) is 24.6 Å². The molecule has 0 bridgehead atoms. The van der Waals surface area contributed by atoms with E-state index < -0.39 is 11.9 Å². The van der Waals surface area contributed by atoms with Gasteiger partial charge in [-0.05, 0) is 25.3 Å². The normalized spacial score (nSPS) is 18.6. The minimum absolute atomic E-state index is 0.203. The molecule has 1 fully saturated rings. The van der Waals surface area contributed by atoms with Gasteiger partial charge in [0, 0.05) is 37.9 Å². The Morgan fingerprint density at radius 1 is 1.44 bits per heavy atom. The van der Waals surface area contributed by atoms with Crippen molar-refractivity contribution in [3.63, 3.8) is 0 Å². The quantitative estimate of drug-likeness (QED) is 0.921. The molecule has 2 aromatic rings. The highest BCUT2D eigenvalue weighted by Gasteiger charge is 2.36. The van der Waals surface area contributed by atoms with E-state index in [4.69, 9.17) is 0 Å². The molecule has 0 aliphatic carbocycles. The molecule has 25 heavy (non-hydrogen) atoms. The Hall–Kier alpha value is -2.32. The third-order valence-electron chi connectivity index (χ3n) is 4.51. The zero-order valence-electron chi connectivity index (χ0n) is 14.1. The summed E-state index contributed by atoms with van der Waals surface area (Å²) in [7, 11) is 1.56. The van der Waals surface area contributed by atoms with Gasteiger partial charge in [0.25, 0.3) is 5.91 Å². The summed E-state index contributed by atoms with van der Waals surface area (Å²) in [5.41, 5.74) is 0.317. The Labute approximate surface area is 143 Å². The van der Waals surface area contributed by atoms with Crippen molar-refractivity contribution in [3.05, 3.63) is 35.2 Å². The fourth-order valence-electron chi connectivity index (χ4n) is 3.18. The van der Waals surface area contributed by atoms with Crippen molar-refractivity contribution in [2.45, 2.75) is 38.3 Å². The number of H-pyrrole nitrogens is 1. The van der Waals surface area contributed by atoms with E-state index in [1.165, 1.54) is 4.57 Å². The van der Waals surface area contributed by atoms with E-state index in [2.05, 4.69) is 15.2 Å². The standard InChI is InChI=1S/C16H20F3N5O/c1-3-11-7-12(22-21-11)15(25)24-6-4-5-10(8-24)14-20-13(9-23(14)2)16(17,18)19/h7,9-10H,3-6,8H2,1-2H3,(H,21,22). The average Bonchev–Trinajstić information content (AvgIpc) is 3.20. The van der Waals surface area contributed by atoms with Crippen LogP contribution in [0.3, 0.4) is 0 Å². The summed E-state index contributed by atoms with van der Waals surface area (Å²) in [5.74, 6) is -0.0598. The average molecular weight is 355 g/mol. The number of aromatic amines is 1. The SMILES string of the molecule is CCc1cc(C(=O)N2CCCC(c3nc(C(F)(F)F)cn3C)C2)n[nH]1. The van der Waals surface area contributed by atoms with Crippen molar-refractivity contribution in [1.29, 1.82) is 0 Å². The lowest BCUT2D eigenvalue weighted by Gasteiger charge is -2.32. The molecule has 2 aromatic heterocycles. The molecule has 6 nitrogen and oxygen atoms in total. The number of hydrogen-bond donors (Lipinski definition) is 1. The van der Waals surface area contributed by atoms with Gasteiger partial charge >= 0.3 is 6.18 Å². The number of carbonyl (C=O) groups excluding carboxylic acids is 1. The van der Waals surface area contributed by atoms with Gasteiger partial charge in [-0.3, -0.25) is 9.89 Å². The summed E-state index contributed by atoms with van der Waals surface area (Å²) in [6, 6.07) is 1.72. The lowest BCUT2D eigenvalue weighted by Crippen LogP contribution is -2.39. The molecule has 136 valence electrons. The van der Waals surface area contributed by atoms with E-state index in [9.17, 15) is 18.0 Å². The van der Waals surface area contributed by atoms with E-state index >= 15 is 0 Å². The molecule has 0 saturated carbocycles. The van der Waals surface area contributed by atoms with Crippen molar-refractivity contribution >= 4 is 5.91 Å². The summed E-state index contributed by atoms with van der Waals surface area (Å²) in [6.45, 7) is 2.87. The summed E-state index contributed by atoms with van der Waals surface area (Å²) < 4.78 is 40.0. The fourth-order valence-corrected chi connectivity index (χ4v) is 3.18. The summed E-state index contributed by atoms with van der Waals surface area (Å²) >= 11 is 0. The van der Waals surface area contributed by atoms with Crippen LogP contribution in [-0.4, -0.2) is 43.6 Å². The molecular formula is C16H20F3N5O. The number of carbonyl (C=O) groups is 1. The summed E-state index contributed by atoms with van der Waals surface area (Å²) in [5, 5.41) is 6.84. The van der Waals surface area contributed by atoms with E-state index in [1.807, 2.05) is 6.92 Å². The third kappa shape index (κ3) is 3.54. The van der Waals surface area contributed by atoms with Crippen LogP contribution in [0.2, 0.25) is 0 Å². The van der Waals surface area contributed by atoms with Crippen LogP contribution >= 0.6 is 0 Å². The van der Waals surface area contributed by atoms with Gasteiger partial charge in [0.05, 0.1) is 0 Å². The highest BCUT2D eigenvalue weighted by atomic mass is 19.4. The first kappa shape index (κ1) is 17.5. The van der Waals surface area contributed by atoms with Gasteiger partial charge in [-0.1, -0.05) is 6.92 Å². The predicted octanol–water partition coefficient (Wildman–Crippen LogP) is 2.74. The number of hydrogen-bond acceptors (Lipinski definition) is 3. The van der Waals surface area contributed by atoms with Gasteiger partial charge in [-0.2, -0.15) is 18.3 Å². The Morgan fingerprint density at radius 3 is 2.80 bits per heavy atom. The van der Waals surface area contributed by atoms with Crippen LogP contribution in [0.25, 0.3) is 0 Å². The molecule has 3 heterocycles. The first-order valence-electron chi connectivity index (χ1n) is 8.23. The number of aromatic nitrogens is 4. The number of likely N-dealkylation sites (tertiary alicyclic amines) is 1. The Bertz CT molecular complexity index is 764. The van der Waals surface area contributed by atoms with Gasteiger partial charge in [0.1, 0.15) is 11.5 Å². The molecule has 1 aliphatic rings. The highest BCUT2D eigenvalue weighted by molar-refractivity contribution is 5.92. The fraction of sp³-hybridized carbons (Fsp3) is 0.562. The third-order valence-corrected chi connectivity index (χ3v) is 4.51. The van der Waals surface area contributed by atoms with Gasteiger partial charge in [0.15, 0.2) is 5.69 Å². The molecule has 1 atom stereocenters. The van der Waals surface area contributed by atoms with Gasteiger partial charge in [0.2, 0.25) is 0 Å². The van der Waals surface area contributed by atoms with Gasteiger partial charge in [-0.25, -0.2) is 4.98 Å². The van der Waals surface area contributed by atoms with E-state index in [0.717, 1.165) is 24.7 Å². The van der Waals surface area contributed by atoms with Crippen molar-refractivity contribution in [3.8, 4) is 0 Å². The van der Waals surface area contributed by atoms with Crippen molar-refractivity contribution in [2.75, 3.05) is 13.1 Å². The number of nitrogens with one attached hydrogen (secondary N) is 1. The minimum Gasteiger partial charge on any atom is -0.337 e. The first-order valence-corrected chi connectivity index (χ1v) is 8.23. The lowest BCUT2D eigenvalue weighted by atomic mass is 9.97. The maximum atomic E-state index is 12.9. The monoisotopic (exact) mass is 355 g/mol. The number of halogens is 3. The van der Waals surface area contributed by atoms with E-state index in [1.54, 1.807) is 18.0 Å². The number of alkyl halides is 3. The van der Waals surface area contributed by atoms with Crippen LogP contribution in [-0.2, 0) is 19.6 Å². The van der Waals surface area contributed by atoms with Gasteiger partial charge in [-0.15, -0.1) is 0 Å². The number of aryl methyl sites for hydroxylation is 2. The molecule has 0 radical (unpaired) electrons. The van der Waals surface area contributed by atoms with Crippen LogP contribution < -0.4 is 0 Å². The maximum absolute atomic E-state index is 12.9. The maximum Gasteiger partial charge on any atom is 0.434 e. The lowest BCUT2D eigenvalue weighted by molar-refractivity contribution is -0.141. The number of imidazole rings is 1. The number of piperidine rings is 1. The van der Waals surface area contributed by atoms with Crippen molar-refractivity contribution < 1.29 is 18.0 Å². The Kier molecular flexibility index (Phi) is 4.57. The van der Waals surface area contributed by atoms with Crippen LogP contribution in [0.1, 0.15) is 53.4 Å². The number of rotatable bonds is 3. The molecule has 0 aromatic carbocycles. The predicted molar refractivity (Wildman–Crippen MR) is 84.1 cm³/mol. The highest BCUT2D eigenvalue weighted by Crippen LogP contribution is 2.32. The van der Waals surface area contributed by atoms with Crippen LogP contribution in [0.4, 0.5) is 13.2 Å². The minimum atomic E-state index is -4.47. The second-order valence-corrected chi connectivity index (χ2v) is 6.32. The second kappa shape index (κ2) is 6.53. The van der Waals surface area contributed by atoms with E-state index in [0.29, 0.717) is 31.0 Å². The number of nitrogens with zero attached hydrogens (tertiary/aromatic N) is 4. The van der Waals surface area contributed by atoms with E-state index in [-0.39, 0.29) is 11.8 Å². The number of amides is 1. The molecule has 9 heteroatoms. The molecule has 1 aliphatic heterocycles. The molecule has 0 spiro atoms. The molecule has 1 saturated heterocycles. The molecule has 1 N–H and O–H groups in total. The smallest absolute Gasteiger partial charge is 0.337 e. The van der Waals surface area contributed by atoms with Gasteiger partial charge < -0.3 is 9.47 Å². The van der Waals surface area contributed by atoms with Crippen LogP contribution in [0.15, 0.2) is 12.3 Å². The first-order chi connectivity index (χ1) is 11.8. The molecule has 1 amide bonds. The summed E-state index contributed by atoms with van der Waals surface area (Å²) in [4.78, 5) is 18.0. The summed E-state index contributed by atoms with van der Waals surface area (Å²) in [6.07, 6.45) is -1.30. The second-order valence-electron chi connectivity index (χ2n) is 6.32. The topological polar surface area (TPSA) is 66.8 Å². The molecular weight excluding hydrogens is 335 g/mol. The van der Waals surface area contributed by atoms with Crippen LogP contribution in [0.5, 0.6) is 0 Å².